The van der Waals surface area contributed by atoms with E-state index in [1.54, 1.807) is 27.8 Å². The quantitative estimate of drug-likeness (QED) is 0.480. The predicted octanol–water partition coefficient (Wildman–Crippen LogP) is 4.39. The molecule has 1 amide bonds. The van der Waals surface area contributed by atoms with Crippen molar-refractivity contribution in [2.75, 3.05) is 18.6 Å². The van der Waals surface area contributed by atoms with E-state index in [4.69, 9.17) is 9.47 Å². The van der Waals surface area contributed by atoms with Crippen molar-refractivity contribution >= 4 is 23.5 Å². The number of aromatic nitrogens is 3. The smallest absolute Gasteiger partial charge is 0.414 e. The molecule has 0 fully saturated rings. The molecule has 0 saturated heterocycles. The third kappa shape index (κ3) is 5.07. The molecule has 37 heavy (non-hydrogen) atoms. The number of nitrogens with zero attached hydrogens (tertiary/aromatic N) is 4. The van der Waals surface area contributed by atoms with Gasteiger partial charge in [0.15, 0.2) is 5.78 Å². The molecule has 2 atom stereocenters. The van der Waals surface area contributed by atoms with Crippen molar-refractivity contribution < 1.29 is 32.6 Å². The van der Waals surface area contributed by atoms with Gasteiger partial charge in [0.25, 0.3) is 0 Å². The van der Waals surface area contributed by atoms with Gasteiger partial charge in [0.1, 0.15) is 29.4 Å². The first-order chi connectivity index (χ1) is 17.4. The van der Waals surface area contributed by atoms with Crippen LogP contribution in [-0.4, -0.2) is 51.9 Å². The van der Waals surface area contributed by atoms with Gasteiger partial charge in [0, 0.05) is 19.5 Å². The second-order valence-corrected chi connectivity index (χ2v) is 9.67. The van der Waals surface area contributed by atoms with Crippen LogP contribution in [0, 0.1) is 11.6 Å². The van der Waals surface area contributed by atoms with Gasteiger partial charge in [-0.1, -0.05) is 12.1 Å². The van der Waals surface area contributed by atoms with Crippen LogP contribution in [0.25, 0.3) is 0 Å². The van der Waals surface area contributed by atoms with Gasteiger partial charge in [0.05, 0.1) is 29.8 Å². The number of esters is 1. The molecule has 0 bridgehead atoms. The van der Waals surface area contributed by atoms with Gasteiger partial charge >= 0.3 is 12.1 Å². The molecule has 3 aromatic rings. The number of rotatable bonds is 3. The number of halogens is 2. The molecule has 2 heterocycles. The van der Waals surface area contributed by atoms with Crippen LogP contribution in [0.1, 0.15) is 64.7 Å². The number of ketones is 1. The lowest BCUT2D eigenvalue weighted by atomic mass is 9.80. The van der Waals surface area contributed by atoms with Crippen molar-refractivity contribution in [2.24, 2.45) is 7.05 Å². The highest BCUT2D eigenvalue weighted by atomic mass is 19.1. The van der Waals surface area contributed by atoms with Crippen LogP contribution < -0.4 is 4.90 Å². The monoisotopic (exact) mass is 512 g/mol. The minimum atomic E-state index is -1.07. The number of hydrogen-bond donors (Lipinski definition) is 0. The van der Waals surface area contributed by atoms with Crippen LogP contribution >= 0.6 is 0 Å². The Balaban J connectivity index is 2.03. The Morgan fingerprint density at radius 3 is 2.32 bits per heavy atom. The van der Waals surface area contributed by atoms with Crippen LogP contribution in [0.4, 0.5) is 19.3 Å². The molecular formula is C26H26F2N4O5. The Hall–Kier alpha value is -4.15. The number of aryl methyl sites for hydroxylation is 1. The van der Waals surface area contributed by atoms with Crippen molar-refractivity contribution in [3.05, 3.63) is 76.9 Å². The summed E-state index contributed by atoms with van der Waals surface area (Å²) in [4.78, 5) is 45.8. The number of Topliss-reactive ketones (excluding diaryl/α,β-unsaturated/α-hetero) is 1. The second-order valence-electron chi connectivity index (χ2n) is 9.67. The first-order valence-corrected chi connectivity index (χ1v) is 11.5. The Morgan fingerprint density at radius 1 is 1.08 bits per heavy atom. The summed E-state index contributed by atoms with van der Waals surface area (Å²) in [7, 11) is 2.70. The van der Waals surface area contributed by atoms with Gasteiger partial charge in [-0.3, -0.25) is 14.4 Å². The molecule has 4 rings (SSSR count). The average Bonchev–Trinajstić information content (AvgIpc) is 3.19. The summed E-state index contributed by atoms with van der Waals surface area (Å²) < 4.78 is 40.4. The normalized spacial score (nSPS) is 17.7. The van der Waals surface area contributed by atoms with Gasteiger partial charge in [0.2, 0.25) is 0 Å². The largest absolute Gasteiger partial charge is 0.465 e. The summed E-state index contributed by atoms with van der Waals surface area (Å²) in [5.74, 6) is -4.51. The number of fused-ring (bicyclic) bond motifs is 1. The first-order valence-electron chi connectivity index (χ1n) is 11.5. The Kier molecular flexibility index (Phi) is 6.81. The van der Waals surface area contributed by atoms with Crippen LogP contribution in [0.5, 0.6) is 0 Å². The zero-order chi connectivity index (χ0) is 27.1. The summed E-state index contributed by atoms with van der Waals surface area (Å²) in [5, 5.41) is 4.08. The molecule has 0 spiro atoms. The summed E-state index contributed by atoms with van der Waals surface area (Å²) in [6.45, 7) is 4.83. The van der Waals surface area contributed by atoms with E-state index in [-0.39, 0.29) is 29.2 Å². The van der Waals surface area contributed by atoms with E-state index in [0.717, 1.165) is 24.1 Å². The summed E-state index contributed by atoms with van der Waals surface area (Å²) >= 11 is 0. The molecule has 1 aromatic heterocycles. The fourth-order valence-corrected chi connectivity index (χ4v) is 4.46. The summed E-state index contributed by atoms with van der Waals surface area (Å²) in [6.07, 6.45) is 0.418. The summed E-state index contributed by atoms with van der Waals surface area (Å²) in [6, 6.07) is 7.38. The lowest BCUT2D eigenvalue weighted by Gasteiger charge is -2.30. The number of anilines is 1. The van der Waals surface area contributed by atoms with Crippen LogP contribution in [0.3, 0.4) is 0 Å². The zero-order valence-electron chi connectivity index (χ0n) is 21.0. The fourth-order valence-electron chi connectivity index (χ4n) is 4.46. The highest BCUT2D eigenvalue weighted by Gasteiger charge is 2.44. The van der Waals surface area contributed by atoms with E-state index >= 15 is 0 Å². The molecule has 2 unspecified atom stereocenters. The van der Waals surface area contributed by atoms with Crippen LogP contribution in [0.2, 0.25) is 0 Å². The zero-order valence-corrected chi connectivity index (χ0v) is 21.0. The molecule has 0 radical (unpaired) electrons. The van der Waals surface area contributed by atoms with Crippen molar-refractivity contribution in [3.63, 3.8) is 0 Å². The average molecular weight is 513 g/mol. The van der Waals surface area contributed by atoms with E-state index in [1.807, 2.05) is 0 Å². The third-order valence-corrected chi connectivity index (χ3v) is 6.03. The lowest BCUT2D eigenvalue weighted by Crippen LogP contribution is -2.40. The number of carbonyl (C=O) groups is 3. The number of hydrogen-bond acceptors (Lipinski definition) is 7. The fraction of sp³-hybridized carbons (Fsp3) is 0.346. The van der Waals surface area contributed by atoms with Crippen molar-refractivity contribution in [1.82, 2.24) is 14.8 Å². The lowest BCUT2D eigenvalue weighted by molar-refractivity contribution is 0.0571. The molecule has 1 aliphatic heterocycles. The topological polar surface area (TPSA) is 104 Å². The molecule has 1 aliphatic rings. The first kappa shape index (κ1) is 25.9. The molecule has 0 N–H and O–H groups in total. The predicted molar refractivity (Wildman–Crippen MR) is 129 cm³/mol. The molecule has 0 aliphatic carbocycles. The van der Waals surface area contributed by atoms with Gasteiger partial charge in [-0.2, -0.15) is 5.10 Å². The molecule has 11 heteroatoms. The minimum Gasteiger partial charge on any atom is -0.465 e. The number of carbonyl (C=O) groups excluding carboxylic acids is 3. The maximum atomic E-state index is 14.8. The number of amides is 1. The van der Waals surface area contributed by atoms with Crippen LogP contribution in [0.15, 0.2) is 42.7 Å². The maximum absolute atomic E-state index is 14.8. The Bertz CT molecular complexity index is 1360. The Labute approximate surface area is 212 Å². The molecular weight excluding hydrogens is 486 g/mol. The van der Waals surface area contributed by atoms with Gasteiger partial charge in [-0.15, -0.1) is 0 Å². The van der Waals surface area contributed by atoms with E-state index < -0.39 is 46.9 Å². The standard InChI is InChI=1S/C26H26F2N4O5/c1-26(2,3)37-25(35)32-12-18(14-6-8-15(27)9-7-14)21(23-29-13-30-31(23)4)22(33)20-17(24(34)36-5)10-16(28)11-19(20)32/h6-11,13,18,21H,12H2,1-5H3. The second kappa shape index (κ2) is 9.72. The van der Waals surface area contributed by atoms with E-state index in [9.17, 15) is 23.2 Å². The van der Waals surface area contributed by atoms with Crippen molar-refractivity contribution in [3.8, 4) is 0 Å². The van der Waals surface area contributed by atoms with Gasteiger partial charge in [-0.05, 0) is 50.6 Å². The molecule has 9 nitrogen and oxygen atoms in total. The minimum absolute atomic E-state index is 0.142. The maximum Gasteiger partial charge on any atom is 0.414 e. The highest BCUT2D eigenvalue weighted by molar-refractivity contribution is 6.15. The van der Waals surface area contributed by atoms with Crippen molar-refractivity contribution in [1.29, 1.82) is 0 Å². The van der Waals surface area contributed by atoms with E-state index in [2.05, 4.69) is 10.1 Å². The van der Waals surface area contributed by atoms with Gasteiger partial charge in [-0.25, -0.2) is 23.4 Å². The SMILES string of the molecule is COC(=O)c1cc(F)cc2c1C(=O)C(c1ncnn1C)C(c1ccc(F)cc1)CN2C(=O)OC(C)(C)C. The van der Waals surface area contributed by atoms with Gasteiger partial charge < -0.3 is 9.47 Å². The highest BCUT2D eigenvalue weighted by Crippen LogP contribution is 2.43. The Morgan fingerprint density at radius 2 is 1.76 bits per heavy atom. The van der Waals surface area contributed by atoms with E-state index in [1.165, 1.54) is 35.3 Å². The number of benzene rings is 2. The molecule has 194 valence electrons. The van der Waals surface area contributed by atoms with Crippen molar-refractivity contribution in [2.45, 2.75) is 38.2 Å². The van der Waals surface area contributed by atoms with Crippen LogP contribution in [-0.2, 0) is 16.5 Å². The number of ether oxygens (including phenoxy) is 2. The summed E-state index contributed by atoms with van der Waals surface area (Å²) in [5.41, 5.74) is -1.10. The molecule has 0 saturated carbocycles. The third-order valence-electron chi connectivity index (χ3n) is 6.03. The molecule has 2 aromatic carbocycles. The van der Waals surface area contributed by atoms with E-state index in [0.29, 0.717) is 5.56 Å². The number of methoxy groups -OCH3 is 1.